The number of amides is 2. The van der Waals surface area contributed by atoms with Crippen molar-refractivity contribution in [1.82, 2.24) is 0 Å². The SMILES string of the molecule is COc1ccccc1OCC(=O)N1c2ccccc2NC(=O)C[C@@H]1C. The second-order valence-electron chi connectivity index (χ2n) is 5.82. The van der Waals surface area contributed by atoms with E-state index in [-0.39, 0.29) is 30.9 Å². The van der Waals surface area contributed by atoms with E-state index in [1.807, 2.05) is 37.3 Å². The van der Waals surface area contributed by atoms with E-state index in [2.05, 4.69) is 5.32 Å². The first-order valence-corrected chi connectivity index (χ1v) is 8.07. The summed E-state index contributed by atoms with van der Waals surface area (Å²) >= 11 is 0. The molecule has 0 unspecified atom stereocenters. The molecule has 1 N–H and O–H groups in total. The highest BCUT2D eigenvalue weighted by Crippen LogP contribution is 2.32. The molecule has 1 atom stereocenters. The lowest BCUT2D eigenvalue weighted by Gasteiger charge is -2.27. The Hall–Kier alpha value is -3.02. The molecule has 0 spiro atoms. The fourth-order valence-corrected chi connectivity index (χ4v) is 2.91. The highest BCUT2D eigenvalue weighted by atomic mass is 16.5. The van der Waals surface area contributed by atoms with Gasteiger partial charge in [-0.25, -0.2) is 0 Å². The first-order chi connectivity index (χ1) is 12.1. The summed E-state index contributed by atoms with van der Waals surface area (Å²) in [5.74, 6) is 0.739. The molecule has 1 aliphatic rings. The van der Waals surface area contributed by atoms with Crippen LogP contribution in [0.25, 0.3) is 0 Å². The summed E-state index contributed by atoms with van der Waals surface area (Å²) in [5, 5.41) is 2.84. The van der Waals surface area contributed by atoms with Gasteiger partial charge in [-0.05, 0) is 31.2 Å². The quantitative estimate of drug-likeness (QED) is 0.929. The fraction of sp³-hybridized carbons (Fsp3) is 0.263. The smallest absolute Gasteiger partial charge is 0.265 e. The van der Waals surface area contributed by atoms with Crippen LogP contribution in [0, 0.1) is 0 Å². The lowest BCUT2D eigenvalue weighted by molar-refractivity contribution is -0.121. The normalized spacial score (nSPS) is 16.5. The molecule has 0 saturated heterocycles. The number of nitrogens with one attached hydrogen (secondary N) is 1. The number of carbonyl (C=O) groups is 2. The highest BCUT2D eigenvalue weighted by Gasteiger charge is 2.29. The van der Waals surface area contributed by atoms with Crippen molar-refractivity contribution in [3.05, 3.63) is 48.5 Å². The van der Waals surface area contributed by atoms with Crippen LogP contribution in [0.2, 0.25) is 0 Å². The number of benzene rings is 2. The molecule has 130 valence electrons. The number of fused-ring (bicyclic) bond motifs is 1. The van der Waals surface area contributed by atoms with Crippen LogP contribution < -0.4 is 19.7 Å². The summed E-state index contributed by atoms with van der Waals surface area (Å²) in [5.41, 5.74) is 1.30. The number of carbonyl (C=O) groups excluding carboxylic acids is 2. The van der Waals surface area contributed by atoms with Crippen molar-refractivity contribution in [2.75, 3.05) is 23.9 Å². The Morgan fingerprint density at radius 2 is 1.84 bits per heavy atom. The molecule has 25 heavy (non-hydrogen) atoms. The van der Waals surface area contributed by atoms with Crippen molar-refractivity contribution in [3.63, 3.8) is 0 Å². The van der Waals surface area contributed by atoms with Gasteiger partial charge in [0.2, 0.25) is 5.91 Å². The van der Waals surface area contributed by atoms with Gasteiger partial charge in [0.25, 0.3) is 5.91 Å². The third-order valence-corrected chi connectivity index (χ3v) is 4.05. The molecule has 6 heteroatoms. The average Bonchev–Trinajstić information content (AvgIpc) is 2.74. The summed E-state index contributed by atoms with van der Waals surface area (Å²) in [4.78, 5) is 26.4. The molecule has 1 aliphatic heterocycles. The predicted molar refractivity (Wildman–Crippen MR) is 95.1 cm³/mol. The van der Waals surface area contributed by atoms with Gasteiger partial charge in [0.1, 0.15) is 0 Å². The van der Waals surface area contributed by atoms with Crippen LogP contribution in [0.4, 0.5) is 11.4 Å². The van der Waals surface area contributed by atoms with Gasteiger partial charge < -0.3 is 19.7 Å². The minimum Gasteiger partial charge on any atom is -0.493 e. The van der Waals surface area contributed by atoms with Crippen molar-refractivity contribution in [2.45, 2.75) is 19.4 Å². The maximum atomic E-state index is 12.8. The number of hydrogen-bond donors (Lipinski definition) is 1. The second kappa shape index (κ2) is 7.25. The van der Waals surface area contributed by atoms with Crippen molar-refractivity contribution < 1.29 is 19.1 Å². The van der Waals surface area contributed by atoms with Crippen molar-refractivity contribution in [2.24, 2.45) is 0 Å². The Bertz CT molecular complexity index is 790. The molecule has 0 aromatic heterocycles. The maximum Gasteiger partial charge on any atom is 0.265 e. The first kappa shape index (κ1) is 16.8. The zero-order chi connectivity index (χ0) is 17.8. The van der Waals surface area contributed by atoms with Gasteiger partial charge in [-0.1, -0.05) is 24.3 Å². The lowest BCUT2D eigenvalue weighted by Crippen LogP contribution is -2.41. The molecule has 0 radical (unpaired) electrons. The van der Waals surface area contributed by atoms with E-state index in [0.717, 1.165) is 0 Å². The van der Waals surface area contributed by atoms with Crippen LogP contribution in [-0.2, 0) is 9.59 Å². The summed E-state index contributed by atoms with van der Waals surface area (Å²) in [6.45, 7) is 1.70. The van der Waals surface area contributed by atoms with E-state index >= 15 is 0 Å². The molecule has 1 heterocycles. The molecule has 0 aliphatic carbocycles. The number of nitrogens with zero attached hydrogens (tertiary/aromatic N) is 1. The van der Waals surface area contributed by atoms with E-state index in [0.29, 0.717) is 22.9 Å². The van der Waals surface area contributed by atoms with Gasteiger partial charge in [-0.3, -0.25) is 9.59 Å². The fourth-order valence-electron chi connectivity index (χ4n) is 2.91. The first-order valence-electron chi connectivity index (χ1n) is 8.07. The van der Waals surface area contributed by atoms with Crippen molar-refractivity contribution in [1.29, 1.82) is 0 Å². The minimum atomic E-state index is -0.266. The van der Waals surface area contributed by atoms with Crippen LogP contribution in [0.15, 0.2) is 48.5 Å². The van der Waals surface area contributed by atoms with E-state index in [9.17, 15) is 9.59 Å². The average molecular weight is 340 g/mol. The van der Waals surface area contributed by atoms with Crippen LogP contribution >= 0.6 is 0 Å². The molecule has 2 amide bonds. The Balaban J connectivity index is 1.82. The number of rotatable bonds is 4. The van der Waals surface area contributed by atoms with Crippen LogP contribution in [0.1, 0.15) is 13.3 Å². The number of para-hydroxylation sites is 4. The van der Waals surface area contributed by atoms with Crippen LogP contribution in [0.3, 0.4) is 0 Å². The Morgan fingerprint density at radius 1 is 1.16 bits per heavy atom. The van der Waals surface area contributed by atoms with E-state index in [1.165, 1.54) is 0 Å². The number of hydrogen-bond acceptors (Lipinski definition) is 4. The van der Waals surface area contributed by atoms with Gasteiger partial charge in [-0.15, -0.1) is 0 Å². The highest BCUT2D eigenvalue weighted by molar-refractivity contribution is 6.04. The summed E-state index contributed by atoms with van der Waals surface area (Å²) in [6, 6.07) is 14.2. The van der Waals surface area contributed by atoms with Crippen molar-refractivity contribution in [3.8, 4) is 11.5 Å². The molecule has 3 rings (SSSR count). The number of methoxy groups -OCH3 is 1. The number of ether oxygens (including phenoxy) is 2. The summed E-state index contributed by atoms with van der Waals surface area (Å²) in [7, 11) is 1.55. The van der Waals surface area contributed by atoms with E-state index < -0.39 is 0 Å². The Morgan fingerprint density at radius 3 is 2.60 bits per heavy atom. The molecular weight excluding hydrogens is 320 g/mol. The van der Waals surface area contributed by atoms with Gasteiger partial charge in [0.15, 0.2) is 18.1 Å². The largest absolute Gasteiger partial charge is 0.493 e. The third kappa shape index (κ3) is 3.57. The summed E-state index contributed by atoms with van der Waals surface area (Å²) in [6.07, 6.45) is 0.231. The molecule has 2 aromatic rings. The zero-order valence-electron chi connectivity index (χ0n) is 14.2. The molecular formula is C19H20N2O4. The molecule has 0 saturated carbocycles. The molecule has 0 fully saturated rings. The summed E-state index contributed by atoms with van der Waals surface area (Å²) < 4.78 is 10.9. The Kier molecular flexibility index (Phi) is 4.88. The lowest BCUT2D eigenvalue weighted by atomic mass is 10.1. The van der Waals surface area contributed by atoms with Crippen molar-refractivity contribution >= 4 is 23.2 Å². The van der Waals surface area contributed by atoms with E-state index in [4.69, 9.17) is 9.47 Å². The van der Waals surface area contributed by atoms with Gasteiger partial charge in [0.05, 0.1) is 18.5 Å². The molecule has 0 bridgehead atoms. The van der Waals surface area contributed by atoms with E-state index in [1.54, 1.807) is 30.2 Å². The van der Waals surface area contributed by atoms with Gasteiger partial charge in [-0.2, -0.15) is 0 Å². The number of anilines is 2. The zero-order valence-corrected chi connectivity index (χ0v) is 14.2. The predicted octanol–water partition coefficient (Wildman–Crippen LogP) is 2.84. The van der Waals surface area contributed by atoms with Crippen LogP contribution in [-0.4, -0.2) is 31.6 Å². The maximum absolute atomic E-state index is 12.8. The topological polar surface area (TPSA) is 67.9 Å². The van der Waals surface area contributed by atoms with Gasteiger partial charge in [0, 0.05) is 12.5 Å². The molecule has 6 nitrogen and oxygen atoms in total. The molecule has 2 aromatic carbocycles. The standard InChI is InChI=1S/C19H20N2O4/c1-13-11-18(22)20-14-7-3-4-8-15(14)21(13)19(23)12-25-17-10-6-5-9-16(17)24-2/h3-10,13H,11-12H2,1-2H3,(H,20,22)/t13-/m0/s1. The second-order valence-corrected chi connectivity index (χ2v) is 5.82. The monoisotopic (exact) mass is 340 g/mol. The van der Waals surface area contributed by atoms with Gasteiger partial charge >= 0.3 is 0 Å². The minimum absolute atomic E-state index is 0.110. The Labute approximate surface area is 146 Å². The third-order valence-electron chi connectivity index (χ3n) is 4.05. The van der Waals surface area contributed by atoms with Crippen LogP contribution in [0.5, 0.6) is 11.5 Å².